The molecule has 2 fully saturated rings. The van der Waals surface area contributed by atoms with E-state index < -0.39 is 18.6 Å². The third-order valence-corrected chi connectivity index (χ3v) is 5.02. The fourth-order valence-corrected chi connectivity index (χ4v) is 3.67. The minimum Gasteiger partial charge on any atom is -0.434 e. The van der Waals surface area contributed by atoms with Gasteiger partial charge in [-0.05, 0) is 38.8 Å². The van der Waals surface area contributed by atoms with Crippen LogP contribution in [-0.4, -0.2) is 66.1 Å². The van der Waals surface area contributed by atoms with Gasteiger partial charge in [0.25, 0.3) is 5.91 Å². The van der Waals surface area contributed by atoms with E-state index in [0.717, 1.165) is 0 Å². The quantitative estimate of drug-likeness (QED) is 0.803. The number of alkyl halides is 2. The molecule has 2 aliphatic heterocycles. The van der Waals surface area contributed by atoms with Gasteiger partial charge in [-0.2, -0.15) is 8.78 Å². The molecule has 1 aromatic carbocycles. The van der Waals surface area contributed by atoms with Crippen LogP contribution in [0.2, 0.25) is 0 Å². The Bertz CT molecular complexity index is 700. The number of amides is 2. The number of ether oxygens (including phenoxy) is 2. The number of benzene rings is 1. The number of hydrogen-bond acceptors (Lipinski definition) is 4. The van der Waals surface area contributed by atoms with Gasteiger partial charge < -0.3 is 19.3 Å². The monoisotopic (exact) mass is 382 g/mol. The second-order valence-electron chi connectivity index (χ2n) is 7.01. The molecule has 0 aromatic heterocycles. The topological polar surface area (TPSA) is 59.1 Å². The molecule has 3 rings (SSSR count). The van der Waals surface area contributed by atoms with Crippen LogP contribution in [0.1, 0.15) is 37.0 Å². The molecular weight excluding hydrogens is 358 g/mol. The number of likely N-dealkylation sites (tertiary alicyclic amines) is 1. The standard InChI is InChI=1S/C19H24F2N2O4/c1-12-11-26-13(2)10-23(12)18(25)15-7-5-9-22(15)17(24)14-6-3-4-8-16(14)27-19(20)21/h3-4,6,8,12-13,15,19H,5,7,9-11H2,1-2H3. The normalized spacial score (nSPS) is 25.7. The lowest BCUT2D eigenvalue weighted by Crippen LogP contribution is -2.56. The van der Waals surface area contributed by atoms with E-state index in [0.29, 0.717) is 32.5 Å². The van der Waals surface area contributed by atoms with Crippen LogP contribution in [0.15, 0.2) is 24.3 Å². The van der Waals surface area contributed by atoms with E-state index in [-0.39, 0.29) is 29.4 Å². The van der Waals surface area contributed by atoms with Gasteiger partial charge in [0.05, 0.1) is 24.3 Å². The van der Waals surface area contributed by atoms with E-state index in [2.05, 4.69) is 4.74 Å². The summed E-state index contributed by atoms with van der Waals surface area (Å²) in [6.07, 6.45) is 1.19. The fraction of sp³-hybridized carbons (Fsp3) is 0.579. The summed E-state index contributed by atoms with van der Waals surface area (Å²) in [5.74, 6) is -0.754. The maximum absolute atomic E-state index is 13.1. The fourth-order valence-electron chi connectivity index (χ4n) is 3.67. The molecular formula is C19H24F2N2O4. The second-order valence-corrected chi connectivity index (χ2v) is 7.01. The predicted molar refractivity (Wildman–Crippen MR) is 93.7 cm³/mol. The Hall–Kier alpha value is -2.22. The summed E-state index contributed by atoms with van der Waals surface area (Å²) >= 11 is 0. The highest BCUT2D eigenvalue weighted by molar-refractivity contribution is 6.00. The minimum absolute atomic E-state index is 0.0425. The lowest BCUT2D eigenvalue weighted by Gasteiger charge is -2.39. The van der Waals surface area contributed by atoms with Crippen LogP contribution in [0.4, 0.5) is 8.78 Å². The van der Waals surface area contributed by atoms with E-state index in [9.17, 15) is 18.4 Å². The smallest absolute Gasteiger partial charge is 0.387 e. The van der Waals surface area contributed by atoms with Gasteiger partial charge in [0, 0.05) is 13.1 Å². The van der Waals surface area contributed by atoms with Crippen LogP contribution in [0, 0.1) is 0 Å². The Morgan fingerprint density at radius 3 is 2.70 bits per heavy atom. The molecule has 8 heteroatoms. The largest absolute Gasteiger partial charge is 0.434 e. The lowest BCUT2D eigenvalue weighted by molar-refractivity contribution is -0.147. The summed E-state index contributed by atoms with van der Waals surface area (Å²) in [5.41, 5.74) is 0.0425. The molecule has 0 radical (unpaired) electrons. The molecule has 2 saturated heterocycles. The highest BCUT2D eigenvalue weighted by atomic mass is 19.3. The van der Waals surface area contributed by atoms with Crippen LogP contribution in [0.25, 0.3) is 0 Å². The second kappa shape index (κ2) is 8.21. The van der Waals surface area contributed by atoms with Crippen molar-refractivity contribution in [2.45, 2.75) is 51.5 Å². The van der Waals surface area contributed by atoms with E-state index in [4.69, 9.17) is 4.74 Å². The number of hydrogen-bond donors (Lipinski definition) is 0. The van der Waals surface area contributed by atoms with Crippen LogP contribution < -0.4 is 4.74 Å². The Balaban J connectivity index is 1.80. The first kappa shape index (κ1) is 19.5. The summed E-state index contributed by atoms with van der Waals surface area (Å²) < 4.78 is 35.3. The van der Waals surface area contributed by atoms with Gasteiger partial charge in [-0.15, -0.1) is 0 Å². The SMILES string of the molecule is CC1CN(C(=O)C2CCCN2C(=O)c2ccccc2OC(F)F)C(C)CO1. The number of carbonyl (C=O) groups is 2. The zero-order valence-corrected chi connectivity index (χ0v) is 15.4. The maximum atomic E-state index is 13.1. The third-order valence-electron chi connectivity index (χ3n) is 5.02. The summed E-state index contributed by atoms with van der Waals surface area (Å²) in [4.78, 5) is 29.3. The minimum atomic E-state index is -3.02. The molecule has 0 N–H and O–H groups in total. The molecule has 0 aliphatic carbocycles. The first-order valence-electron chi connectivity index (χ1n) is 9.15. The van der Waals surface area contributed by atoms with Crippen molar-refractivity contribution in [3.63, 3.8) is 0 Å². The van der Waals surface area contributed by atoms with Gasteiger partial charge in [0.1, 0.15) is 11.8 Å². The molecule has 6 nitrogen and oxygen atoms in total. The summed E-state index contributed by atoms with van der Waals surface area (Å²) in [5, 5.41) is 0. The highest BCUT2D eigenvalue weighted by Crippen LogP contribution is 2.28. The van der Waals surface area contributed by atoms with Crippen molar-refractivity contribution in [2.75, 3.05) is 19.7 Å². The molecule has 0 saturated carbocycles. The van der Waals surface area contributed by atoms with Crippen molar-refractivity contribution in [3.05, 3.63) is 29.8 Å². The summed E-state index contributed by atoms with van der Waals surface area (Å²) in [7, 11) is 0. The molecule has 148 valence electrons. The van der Waals surface area contributed by atoms with Gasteiger partial charge >= 0.3 is 6.61 Å². The van der Waals surface area contributed by atoms with Crippen molar-refractivity contribution in [1.29, 1.82) is 0 Å². The molecule has 0 bridgehead atoms. The molecule has 27 heavy (non-hydrogen) atoms. The number of nitrogens with zero attached hydrogens (tertiary/aromatic N) is 2. The number of rotatable bonds is 4. The van der Waals surface area contributed by atoms with Crippen molar-refractivity contribution in [2.24, 2.45) is 0 Å². The average Bonchev–Trinajstić information content (AvgIpc) is 3.12. The van der Waals surface area contributed by atoms with Crippen LogP contribution in [-0.2, 0) is 9.53 Å². The highest BCUT2D eigenvalue weighted by Gasteiger charge is 2.40. The zero-order valence-electron chi connectivity index (χ0n) is 15.4. The molecule has 1 aromatic rings. The summed E-state index contributed by atoms with van der Waals surface area (Å²) in [6, 6.07) is 5.23. The van der Waals surface area contributed by atoms with E-state index in [1.165, 1.54) is 23.1 Å². The Kier molecular flexibility index (Phi) is 5.94. The van der Waals surface area contributed by atoms with Gasteiger partial charge in [0.15, 0.2) is 0 Å². The van der Waals surface area contributed by atoms with Crippen LogP contribution in [0.3, 0.4) is 0 Å². The average molecular weight is 382 g/mol. The zero-order chi connectivity index (χ0) is 19.6. The van der Waals surface area contributed by atoms with Crippen LogP contribution in [0.5, 0.6) is 5.75 Å². The Morgan fingerprint density at radius 2 is 1.96 bits per heavy atom. The molecule has 2 aliphatic rings. The van der Waals surface area contributed by atoms with Gasteiger partial charge in [-0.25, -0.2) is 0 Å². The van der Waals surface area contributed by atoms with Crippen molar-refractivity contribution < 1.29 is 27.8 Å². The molecule has 0 spiro atoms. The first-order valence-corrected chi connectivity index (χ1v) is 9.15. The van der Waals surface area contributed by atoms with Crippen LogP contribution >= 0.6 is 0 Å². The Morgan fingerprint density at radius 1 is 1.22 bits per heavy atom. The van der Waals surface area contributed by atoms with Crippen molar-refractivity contribution >= 4 is 11.8 Å². The number of halogens is 2. The Labute approximate surface area is 157 Å². The van der Waals surface area contributed by atoms with E-state index >= 15 is 0 Å². The predicted octanol–water partition coefficient (Wildman–Crippen LogP) is 2.53. The summed E-state index contributed by atoms with van der Waals surface area (Å²) in [6.45, 7) is 2.14. The van der Waals surface area contributed by atoms with Gasteiger partial charge in [-0.3, -0.25) is 9.59 Å². The molecule has 3 atom stereocenters. The maximum Gasteiger partial charge on any atom is 0.387 e. The lowest BCUT2D eigenvalue weighted by atomic mass is 10.1. The third kappa shape index (κ3) is 4.21. The molecule has 3 unspecified atom stereocenters. The number of morpholine rings is 1. The van der Waals surface area contributed by atoms with Crippen molar-refractivity contribution in [3.8, 4) is 5.75 Å². The molecule has 2 heterocycles. The number of carbonyl (C=O) groups excluding carboxylic acids is 2. The van der Waals surface area contributed by atoms with Gasteiger partial charge in [-0.1, -0.05) is 12.1 Å². The van der Waals surface area contributed by atoms with Gasteiger partial charge in [0.2, 0.25) is 5.91 Å². The van der Waals surface area contributed by atoms with E-state index in [1.54, 1.807) is 11.0 Å². The first-order chi connectivity index (χ1) is 12.9. The number of para-hydroxylation sites is 1. The van der Waals surface area contributed by atoms with Crippen molar-refractivity contribution in [1.82, 2.24) is 9.80 Å². The molecule has 2 amide bonds. The van der Waals surface area contributed by atoms with E-state index in [1.807, 2.05) is 13.8 Å².